The van der Waals surface area contributed by atoms with E-state index in [0.717, 1.165) is 37.2 Å². The van der Waals surface area contributed by atoms with Crippen molar-refractivity contribution in [3.05, 3.63) is 23.8 Å². The Balaban J connectivity index is 1.82. The molecule has 0 bridgehead atoms. The molecule has 0 spiro atoms. The summed E-state index contributed by atoms with van der Waals surface area (Å²) < 4.78 is 6.19. The van der Waals surface area contributed by atoms with E-state index in [4.69, 9.17) is 4.74 Å². The van der Waals surface area contributed by atoms with Gasteiger partial charge in [0.1, 0.15) is 5.75 Å². The van der Waals surface area contributed by atoms with Gasteiger partial charge in [-0.25, -0.2) is 0 Å². The largest absolute Gasteiger partial charge is 0.482 e. The Morgan fingerprint density at radius 3 is 2.55 bits per heavy atom. The molecule has 1 aromatic rings. The Morgan fingerprint density at radius 2 is 1.86 bits per heavy atom. The lowest BCUT2D eigenvalue weighted by atomic mass is 9.81. The summed E-state index contributed by atoms with van der Waals surface area (Å²) in [7, 11) is 0. The Bertz CT molecular complexity index is 530. The van der Waals surface area contributed by atoms with Crippen LogP contribution in [-0.4, -0.2) is 25.0 Å². The van der Waals surface area contributed by atoms with Gasteiger partial charge in [-0.2, -0.15) is 0 Å². The summed E-state index contributed by atoms with van der Waals surface area (Å²) in [5.74, 6) is 1.63. The maximum absolute atomic E-state index is 12.5. The van der Waals surface area contributed by atoms with Crippen LogP contribution in [0.3, 0.4) is 0 Å². The number of benzene rings is 1. The minimum Gasteiger partial charge on any atom is -0.482 e. The zero-order chi connectivity index (χ0) is 15.5. The molecule has 3 heteroatoms. The van der Waals surface area contributed by atoms with Gasteiger partial charge in [-0.15, -0.1) is 0 Å². The van der Waals surface area contributed by atoms with Crippen molar-refractivity contribution in [3.8, 4) is 5.75 Å². The number of hydrogen-bond acceptors (Lipinski definition) is 3. The molecule has 1 aliphatic carbocycles. The molecule has 22 heavy (non-hydrogen) atoms. The molecule has 0 saturated heterocycles. The topological polar surface area (TPSA) is 29.5 Å². The minimum absolute atomic E-state index is 0.209. The van der Waals surface area contributed by atoms with Crippen LogP contribution in [-0.2, 0) is 11.2 Å². The van der Waals surface area contributed by atoms with Crippen LogP contribution in [0.2, 0.25) is 0 Å². The highest BCUT2D eigenvalue weighted by Gasteiger charge is 2.35. The van der Waals surface area contributed by atoms with E-state index in [0.29, 0.717) is 12.3 Å². The molecular weight excluding hydrogens is 274 g/mol. The average Bonchev–Trinajstić information content (AvgIpc) is 2.56. The van der Waals surface area contributed by atoms with E-state index in [2.05, 4.69) is 36.9 Å². The first-order valence-electron chi connectivity index (χ1n) is 8.80. The molecule has 120 valence electrons. The molecule has 0 aromatic heterocycles. The number of hydrogen-bond donors (Lipinski definition) is 0. The van der Waals surface area contributed by atoms with Crippen molar-refractivity contribution in [2.24, 2.45) is 5.92 Å². The van der Waals surface area contributed by atoms with Crippen LogP contribution < -0.4 is 9.64 Å². The number of rotatable bonds is 4. The van der Waals surface area contributed by atoms with Crippen molar-refractivity contribution >= 4 is 11.5 Å². The SMILES string of the molecule is CCN(CC)c1ccc2c(c1)OC(C1CCCCC1)C(=O)C2. The quantitative estimate of drug-likeness (QED) is 0.842. The first kappa shape index (κ1) is 15.4. The molecule has 1 heterocycles. The van der Waals surface area contributed by atoms with E-state index in [-0.39, 0.29) is 11.9 Å². The Morgan fingerprint density at radius 1 is 1.14 bits per heavy atom. The number of carbonyl (C=O) groups is 1. The Kier molecular flexibility index (Phi) is 4.70. The number of ether oxygens (including phenoxy) is 1. The van der Waals surface area contributed by atoms with Crippen LogP contribution in [0.25, 0.3) is 0 Å². The summed E-state index contributed by atoms with van der Waals surface area (Å²) in [6, 6.07) is 6.31. The standard InChI is InChI=1S/C19H27NO2/c1-3-20(4-2)16-11-10-15-12-17(21)19(22-18(15)13-16)14-8-6-5-7-9-14/h10-11,13-14,19H,3-9,12H2,1-2H3. The zero-order valence-corrected chi connectivity index (χ0v) is 13.8. The molecule has 1 atom stereocenters. The van der Waals surface area contributed by atoms with Crippen LogP contribution in [0.15, 0.2) is 18.2 Å². The smallest absolute Gasteiger partial charge is 0.178 e. The summed E-state index contributed by atoms with van der Waals surface area (Å²) in [6.07, 6.45) is 6.39. The molecule has 1 aromatic carbocycles. The third-order valence-electron chi connectivity index (χ3n) is 5.19. The fourth-order valence-corrected chi connectivity index (χ4v) is 3.87. The summed E-state index contributed by atoms with van der Waals surface area (Å²) in [5.41, 5.74) is 2.24. The molecule has 3 rings (SSSR count). The van der Waals surface area contributed by atoms with Gasteiger partial charge in [-0.1, -0.05) is 25.3 Å². The third-order valence-corrected chi connectivity index (χ3v) is 5.19. The van der Waals surface area contributed by atoms with E-state index in [1.54, 1.807) is 0 Å². The number of anilines is 1. The lowest BCUT2D eigenvalue weighted by Gasteiger charge is -2.34. The minimum atomic E-state index is -0.209. The second-order valence-electron chi connectivity index (χ2n) is 6.54. The van der Waals surface area contributed by atoms with Gasteiger partial charge in [0.2, 0.25) is 0 Å². The van der Waals surface area contributed by atoms with Crippen LogP contribution in [0.4, 0.5) is 5.69 Å². The van der Waals surface area contributed by atoms with Crippen molar-refractivity contribution in [1.82, 2.24) is 0 Å². The van der Waals surface area contributed by atoms with Gasteiger partial charge in [0.25, 0.3) is 0 Å². The first-order chi connectivity index (χ1) is 10.7. The molecule has 0 amide bonds. The monoisotopic (exact) mass is 301 g/mol. The van der Waals surface area contributed by atoms with Gasteiger partial charge in [0, 0.05) is 42.7 Å². The highest BCUT2D eigenvalue weighted by atomic mass is 16.5. The summed E-state index contributed by atoms with van der Waals surface area (Å²) in [6.45, 7) is 6.30. The fraction of sp³-hybridized carbons (Fsp3) is 0.632. The lowest BCUT2D eigenvalue weighted by Crippen LogP contribution is -2.40. The van der Waals surface area contributed by atoms with Gasteiger partial charge in [-0.3, -0.25) is 4.79 Å². The number of Topliss-reactive ketones (excluding diaryl/α,β-unsaturated/α-hetero) is 1. The predicted octanol–water partition coefficient (Wildman–Crippen LogP) is 3.99. The maximum atomic E-state index is 12.5. The number of fused-ring (bicyclic) bond motifs is 1. The zero-order valence-electron chi connectivity index (χ0n) is 13.8. The molecule has 1 saturated carbocycles. The molecular formula is C19H27NO2. The second-order valence-corrected chi connectivity index (χ2v) is 6.54. The van der Waals surface area contributed by atoms with Crippen LogP contribution in [0.5, 0.6) is 5.75 Å². The lowest BCUT2D eigenvalue weighted by molar-refractivity contribution is -0.129. The molecule has 1 aliphatic heterocycles. The molecule has 2 aliphatic rings. The van der Waals surface area contributed by atoms with E-state index in [1.165, 1.54) is 24.9 Å². The maximum Gasteiger partial charge on any atom is 0.178 e. The number of nitrogens with zero attached hydrogens (tertiary/aromatic N) is 1. The normalized spacial score (nSPS) is 22.1. The van der Waals surface area contributed by atoms with Gasteiger partial charge in [0.05, 0.1) is 0 Å². The first-order valence-corrected chi connectivity index (χ1v) is 8.80. The van der Waals surface area contributed by atoms with Gasteiger partial charge in [0.15, 0.2) is 11.9 Å². The summed E-state index contributed by atoms with van der Waals surface area (Å²) >= 11 is 0. The van der Waals surface area contributed by atoms with Crippen molar-refractivity contribution in [1.29, 1.82) is 0 Å². The van der Waals surface area contributed by atoms with Crippen molar-refractivity contribution in [3.63, 3.8) is 0 Å². The van der Waals surface area contributed by atoms with Gasteiger partial charge in [-0.05, 0) is 32.8 Å². The van der Waals surface area contributed by atoms with Crippen LogP contribution >= 0.6 is 0 Å². The van der Waals surface area contributed by atoms with Crippen molar-refractivity contribution in [2.75, 3.05) is 18.0 Å². The number of ketones is 1. The van der Waals surface area contributed by atoms with Crippen molar-refractivity contribution in [2.45, 2.75) is 58.5 Å². The highest BCUT2D eigenvalue weighted by Crippen LogP contribution is 2.36. The fourth-order valence-electron chi connectivity index (χ4n) is 3.87. The molecule has 1 unspecified atom stereocenters. The van der Waals surface area contributed by atoms with Gasteiger partial charge >= 0.3 is 0 Å². The van der Waals surface area contributed by atoms with Crippen LogP contribution in [0, 0.1) is 5.92 Å². The molecule has 3 nitrogen and oxygen atoms in total. The Labute approximate surface area is 133 Å². The highest BCUT2D eigenvalue weighted by molar-refractivity contribution is 5.88. The predicted molar refractivity (Wildman–Crippen MR) is 89.7 cm³/mol. The van der Waals surface area contributed by atoms with Gasteiger partial charge < -0.3 is 9.64 Å². The van der Waals surface area contributed by atoms with Crippen LogP contribution in [0.1, 0.15) is 51.5 Å². The molecule has 1 fully saturated rings. The number of carbonyl (C=O) groups excluding carboxylic acids is 1. The van der Waals surface area contributed by atoms with Crippen molar-refractivity contribution < 1.29 is 9.53 Å². The van der Waals surface area contributed by atoms with E-state index in [1.807, 2.05) is 0 Å². The van der Waals surface area contributed by atoms with E-state index in [9.17, 15) is 4.79 Å². The summed E-state index contributed by atoms with van der Waals surface area (Å²) in [5, 5.41) is 0. The second kappa shape index (κ2) is 6.72. The average molecular weight is 301 g/mol. The third kappa shape index (κ3) is 2.99. The molecule has 0 N–H and O–H groups in total. The summed E-state index contributed by atoms with van der Waals surface area (Å²) in [4.78, 5) is 14.8. The van der Waals surface area contributed by atoms with E-state index < -0.39 is 0 Å². The van der Waals surface area contributed by atoms with E-state index >= 15 is 0 Å². The Hall–Kier alpha value is -1.51. The molecule has 0 radical (unpaired) electrons.